The number of anilines is 1. The van der Waals surface area contributed by atoms with Gasteiger partial charge in [0, 0.05) is 41.4 Å². The summed E-state index contributed by atoms with van der Waals surface area (Å²) in [7, 11) is 0. The molecule has 0 amide bonds. The largest absolute Gasteiger partial charge is 0.507 e. The molecule has 4 aromatic rings. The summed E-state index contributed by atoms with van der Waals surface area (Å²) in [5.41, 5.74) is 4.47. The van der Waals surface area contributed by atoms with E-state index in [2.05, 4.69) is 52.9 Å². The summed E-state index contributed by atoms with van der Waals surface area (Å²) < 4.78 is 0.578. The molecule has 4 heterocycles. The summed E-state index contributed by atoms with van der Waals surface area (Å²) >= 11 is 3.36. The number of nitrogens with one attached hydrogen (secondary N) is 1. The molecule has 1 aliphatic heterocycles. The van der Waals surface area contributed by atoms with E-state index in [-0.39, 0.29) is 11.8 Å². The molecule has 7 nitrogen and oxygen atoms in total. The van der Waals surface area contributed by atoms with Gasteiger partial charge in [-0.1, -0.05) is 12.1 Å². The lowest BCUT2D eigenvalue weighted by molar-refractivity contribution is 0.477. The zero-order chi connectivity index (χ0) is 19.3. The first-order valence-electron chi connectivity index (χ1n) is 9.03. The third-order valence-corrected chi connectivity index (χ3v) is 5.63. The van der Waals surface area contributed by atoms with Gasteiger partial charge in [0.25, 0.3) is 0 Å². The average molecular weight is 437 g/mol. The van der Waals surface area contributed by atoms with Gasteiger partial charge in [-0.15, -0.1) is 10.2 Å². The Hall–Kier alpha value is -3.00. The SMILES string of the molecule is CC1c2c([nH]c3nnc(-c4ccccc4O)cc23)CCN1c1ccnc(Br)n1. The van der Waals surface area contributed by atoms with Crippen molar-refractivity contribution in [1.82, 2.24) is 25.1 Å². The van der Waals surface area contributed by atoms with Crippen molar-refractivity contribution in [2.45, 2.75) is 19.4 Å². The number of aromatic amines is 1. The van der Waals surface area contributed by atoms with E-state index in [0.29, 0.717) is 16.0 Å². The van der Waals surface area contributed by atoms with Crippen LogP contribution in [0.5, 0.6) is 5.75 Å². The van der Waals surface area contributed by atoms with Gasteiger partial charge < -0.3 is 15.0 Å². The Morgan fingerprint density at radius 3 is 2.89 bits per heavy atom. The van der Waals surface area contributed by atoms with Gasteiger partial charge in [-0.2, -0.15) is 0 Å². The highest BCUT2D eigenvalue weighted by Crippen LogP contribution is 2.38. The topological polar surface area (TPSA) is 90.8 Å². The van der Waals surface area contributed by atoms with Crippen molar-refractivity contribution >= 4 is 32.8 Å². The maximum atomic E-state index is 10.2. The lowest BCUT2D eigenvalue weighted by atomic mass is 9.97. The molecule has 1 atom stereocenters. The van der Waals surface area contributed by atoms with Crippen molar-refractivity contribution in [1.29, 1.82) is 0 Å². The normalized spacial score (nSPS) is 16.4. The van der Waals surface area contributed by atoms with E-state index in [9.17, 15) is 5.11 Å². The summed E-state index contributed by atoms with van der Waals surface area (Å²) in [6.45, 7) is 3.02. The third-order valence-electron chi connectivity index (χ3n) is 5.25. The summed E-state index contributed by atoms with van der Waals surface area (Å²) in [6.07, 6.45) is 2.62. The fourth-order valence-corrected chi connectivity index (χ4v) is 4.24. The van der Waals surface area contributed by atoms with Crippen molar-refractivity contribution in [2.24, 2.45) is 0 Å². The van der Waals surface area contributed by atoms with Crippen LogP contribution in [0.3, 0.4) is 0 Å². The van der Waals surface area contributed by atoms with Gasteiger partial charge in [0.15, 0.2) is 10.4 Å². The van der Waals surface area contributed by atoms with Gasteiger partial charge in [-0.3, -0.25) is 0 Å². The number of halogens is 1. The molecule has 140 valence electrons. The van der Waals surface area contributed by atoms with Gasteiger partial charge in [-0.25, -0.2) is 9.97 Å². The fourth-order valence-electron chi connectivity index (χ4n) is 3.94. The van der Waals surface area contributed by atoms with Gasteiger partial charge in [-0.05, 0) is 47.1 Å². The number of H-pyrrole nitrogens is 1. The molecule has 0 saturated carbocycles. The molecule has 0 radical (unpaired) electrons. The second-order valence-electron chi connectivity index (χ2n) is 6.83. The van der Waals surface area contributed by atoms with Crippen LogP contribution in [0.2, 0.25) is 0 Å². The minimum absolute atomic E-state index is 0.112. The number of benzene rings is 1. The van der Waals surface area contributed by atoms with Crippen LogP contribution in [-0.2, 0) is 6.42 Å². The van der Waals surface area contributed by atoms with E-state index >= 15 is 0 Å². The Labute approximate surface area is 169 Å². The number of para-hydroxylation sites is 1. The Bertz CT molecular complexity index is 1190. The van der Waals surface area contributed by atoms with E-state index in [1.165, 1.54) is 11.3 Å². The van der Waals surface area contributed by atoms with E-state index in [1.807, 2.05) is 24.3 Å². The van der Waals surface area contributed by atoms with Gasteiger partial charge in [0.05, 0.1) is 11.7 Å². The lowest BCUT2D eigenvalue weighted by Gasteiger charge is -2.34. The Morgan fingerprint density at radius 1 is 1.21 bits per heavy atom. The van der Waals surface area contributed by atoms with E-state index < -0.39 is 0 Å². The van der Waals surface area contributed by atoms with E-state index in [0.717, 1.165) is 29.8 Å². The molecule has 1 aromatic carbocycles. The highest BCUT2D eigenvalue weighted by molar-refractivity contribution is 9.10. The number of hydrogen-bond donors (Lipinski definition) is 2. The van der Waals surface area contributed by atoms with Crippen LogP contribution in [0.1, 0.15) is 24.2 Å². The quantitative estimate of drug-likeness (QED) is 0.461. The minimum Gasteiger partial charge on any atom is -0.507 e. The highest BCUT2D eigenvalue weighted by Gasteiger charge is 2.29. The molecule has 0 bridgehead atoms. The number of phenols is 1. The van der Waals surface area contributed by atoms with Crippen LogP contribution in [-0.4, -0.2) is 36.8 Å². The molecule has 3 aromatic heterocycles. The second kappa shape index (κ2) is 6.56. The van der Waals surface area contributed by atoms with Crippen molar-refractivity contribution < 1.29 is 5.11 Å². The number of rotatable bonds is 2. The van der Waals surface area contributed by atoms with Crippen LogP contribution in [0.4, 0.5) is 5.82 Å². The second-order valence-corrected chi connectivity index (χ2v) is 7.54. The van der Waals surface area contributed by atoms with Crippen molar-refractivity contribution in [2.75, 3.05) is 11.4 Å². The van der Waals surface area contributed by atoms with Crippen LogP contribution >= 0.6 is 15.9 Å². The van der Waals surface area contributed by atoms with Gasteiger partial charge in [0.2, 0.25) is 0 Å². The predicted octanol–water partition coefficient (Wildman–Crippen LogP) is 4.01. The monoisotopic (exact) mass is 436 g/mol. The van der Waals surface area contributed by atoms with Crippen LogP contribution < -0.4 is 4.90 Å². The molecule has 1 unspecified atom stereocenters. The molecular formula is C20H17BrN6O. The molecule has 28 heavy (non-hydrogen) atoms. The van der Waals surface area contributed by atoms with Crippen molar-refractivity contribution in [3.05, 3.63) is 58.6 Å². The van der Waals surface area contributed by atoms with Gasteiger partial charge in [0.1, 0.15) is 11.6 Å². The Morgan fingerprint density at radius 2 is 2.07 bits per heavy atom. The molecule has 2 N–H and O–H groups in total. The first-order chi connectivity index (χ1) is 13.6. The molecule has 0 fully saturated rings. The van der Waals surface area contributed by atoms with E-state index in [1.54, 1.807) is 18.3 Å². The molecule has 0 saturated heterocycles. The minimum atomic E-state index is 0.112. The molecule has 1 aliphatic rings. The summed E-state index contributed by atoms with van der Waals surface area (Å²) in [4.78, 5) is 14.3. The molecule has 0 aliphatic carbocycles. The summed E-state index contributed by atoms with van der Waals surface area (Å²) in [5.74, 6) is 1.08. The number of nitrogens with zero attached hydrogens (tertiary/aromatic N) is 5. The lowest BCUT2D eigenvalue weighted by Crippen LogP contribution is -2.34. The highest BCUT2D eigenvalue weighted by atomic mass is 79.9. The molecule has 8 heteroatoms. The van der Waals surface area contributed by atoms with E-state index in [4.69, 9.17) is 0 Å². The first kappa shape index (κ1) is 17.1. The number of hydrogen-bond acceptors (Lipinski definition) is 6. The van der Waals surface area contributed by atoms with Gasteiger partial charge >= 0.3 is 0 Å². The van der Waals surface area contributed by atoms with Crippen molar-refractivity contribution in [3.8, 4) is 17.0 Å². The van der Waals surface area contributed by atoms with Crippen molar-refractivity contribution in [3.63, 3.8) is 0 Å². The number of fused-ring (bicyclic) bond motifs is 3. The summed E-state index contributed by atoms with van der Waals surface area (Å²) in [5, 5.41) is 19.9. The zero-order valence-electron chi connectivity index (χ0n) is 15.1. The molecular weight excluding hydrogens is 420 g/mol. The fraction of sp³-hybridized carbons (Fsp3) is 0.200. The molecule has 5 rings (SSSR count). The maximum Gasteiger partial charge on any atom is 0.198 e. The van der Waals surface area contributed by atoms with Crippen LogP contribution in [0.15, 0.2) is 47.3 Å². The van der Waals surface area contributed by atoms with Crippen LogP contribution in [0.25, 0.3) is 22.3 Å². The Balaban J connectivity index is 1.63. The first-order valence-corrected chi connectivity index (χ1v) is 9.83. The predicted molar refractivity (Wildman–Crippen MR) is 110 cm³/mol. The number of aromatic nitrogens is 5. The Kier molecular flexibility index (Phi) is 4.01. The average Bonchev–Trinajstić information content (AvgIpc) is 3.07. The standard InChI is InChI=1S/C20H17BrN6O/c1-11-18-13-10-15(12-4-2-3-5-16(12)28)25-26-19(13)23-14(18)7-9-27(11)17-6-8-22-20(21)24-17/h2-6,8,10-11,28H,7,9H2,1H3,(H,23,26). The number of phenolic OH excluding ortho intramolecular Hbond substituents is 1. The zero-order valence-corrected chi connectivity index (χ0v) is 16.7. The van der Waals surface area contributed by atoms with Crippen LogP contribution in [0, 0.1) is 0 Å². The molecule has 0 spiro atoms. The third kappa shape index (κ3) is 2.72. The smallest absolute Gasteiger partial charge is 0.198 e. The maximum absolute atomic E-state index is 10.2. The summed E-state index contributed by atoms with van der Waals surface area (Å²) in [6, 6.07) is 11.2. The number of aromatic hydroxyl groups is 1.